The topological polar surface area (TPSA) is 63.6 Å². The summed E-state index contributed by atoms with van der Waals surface area (Å²) in [6.45, 7) is -1.38. The van der Waals surface area contributed by atoms with Crippen LogP contribution in [0.15, 0.2) is 0 Å². The summed E-state index contributed by atoms with van der Waals surface area (Å²) in [5, 5.41) is 8.12. The second-order valence-electron chi connectivity index (χ2n) is 3.95. The van der Waals surface area contributed by atoms with Crippen molar-refractivity contribution < 1.29 is 28.2 Å². The number of hydrogen-bond acceptors (Lipinski definition) is 3. The van der Waals surface area contributed by atoms with E-state index in [2.05, 4.69) is 4.74 Å². The average Bonchev–Trinajstić information content (AvgIpc) is 2.27. The lowest BCUT2D eigenvalue weighted by atomic mass is 9.89. The summed E-state index contributed by atoms with van der Waals surface area (Å²) in [5.41, 5.74) is 0. The zero-order valence-electron chi connectivity index (χ0n) is 8.75. The van der Waals surface area contributed by atoms with E-state index in [0.717, 1.165) is 19.3 Å². The van der Waals surface area contributed by atoms with Gasteiger partial charge in [-0.3, -0.25) is 4.79 Å². The Labute approximate surface area is 91.6 Å². The summed E-state index contributed by atoms with van der Waals surface area (Å²) in [7, 11) is 0. The SMILES string of the molecule is O=C(OCC(F)(F)C(=O)O)C1CCCCC1. The lowest BCUT2D eigenvalue weighted by Crippen LogP contribution is -2.36. The number of carboxylic acid groups (broad SMARTS) is 1. The summed E-state index contributed by atoms with van der Waals surface area (Å²) < 4.78 is 29.5. The van der Waals surface area contributed by atoms with Gasteiger partial charge in [-0.1, -0.05) is 19.3 Å². The third kappa shape index (κ3) is 3.43. The number of ether oxygens (including phenoxy) is 1. The largest absolute Gasteiger partial charge is 0.477 e. The van der Waals surface area contributed by atoms with Gasteiger partial charge in [-0.15, -0.1) is 0 Å². The quantitative estimate of drug-likeness (QED) is 0.756. The molecule has 16 heavy (non-hydrogen) atoms. The van der Waals surface area contributed by atoms with Gasteiger partial charge in [-0.25, -0.2) is 4.79 Å². The molecule has 4 nitrogen and oxygen atoms in total. The molecular weight excluding hydrogens is 222 g/mol. The highest BCUT2D eigenvalue weighted by atomic mass is 19.3. The molecular formula is C10H14F2O4. The van der Waals surface area contributed by atoms with E-state index in [1.807, 2.05) is 0 Å². The second kappa shape index (κ2) is 5.23. The predicted octanol–water partition coefficient (Wildman–Crippen LogP) is 1.83. The summed E-state index contributed by atoms with van der Waals surface area (Å²) in [5.74, 6) is -7.33. The van der Waals surface area contributed by atoms with Crippen molar-refractivity contribution >= 4 is 11.9 Å². The lowest BCUT2D eigenvalue weighted by molar-refractivity contribution is -0.179. The molecule has 0 aromatic heterocycles. The molecule has 0 bridgehead atoms. The minimum absolute atomic E-state index is 0.349. The number of carbonyl (C=O) groups is 2. The molecule has 1 aliphatic rings. The van der Waals surface area contributed by atoms with Crippen molar-refractivity contribution in [3.63, 3.8) is 0 Å². The molecule has 0 aromatic rings. The van der Waals surface area contributed by atoms with Gasteiger partial charge in [-0.2, -0.15) is 8.78 Å². The summed E-state index contributed by atoms with van der Waals surface area (Å²) >= 11 is 0. The number of hydrogen-bond donors (Lipinski definition) is 1. The van der Waals surface area contributed by atoms with Crippen LogP contribution in [0.3, 0.4) is 0 Å². The van der Waals surface area contributed by atoms with Crippen LogP contribution in [0.4, 0.5) is 8.78 Å². The number of esters is 1. The fourth-order valence-electron chi connectivity index (χ4n) is 1.68. The molecule has 0 radical (unpaired) electrons. The van der Waals surface area contributed by atoms with Crippen LogP contribution < -0.4 is 0 Å². The average molecular weight is 236 g/mol. The van der Waals surface area contributed by atoms with Crippen LogP contribution in [0.2, 0.25) is 0 Å². The van der Waals surface area contributed by atoms with Crippen LogP contribution in [0, 0.1) is 5.92 Å². The minimum Gasteiger partial charge on any atom is -0.477 e. The van der Waals surface area contributed by atoms with Gasteiger partial charge in [0.15, 0.2) is 6.61 Å². The molecule has 0 heterocycles. The molecule has 0 saturated heterocycles. The van der Waals surface area contributed by atoms with Gasteiger partial charge in [0.05, 0.1) is 5.92 Å². The first-order valence-corrected chi connectivity index (χ1v) is 5.21. The van der Waals surface area contributed by atoms with E-state index in [9.17, 15) is 18.4 Å². The molecule has 0 aromatic carbocycles. The Morgan fingerprint density at radius 3 is 2.31 bits per heavy atom. The van der Waals surface area contributed by atoms with Gasteiger partial charge in [-0.05, 0) is 12.8 Å². The molecule has 0 atom stereocenters. The van der Waals surface area contributed by atoms with E-state index in [1.165, 1.54) is 0 Å². The number of halogens is 2. The Bertz CT molecular complexity index is 272. The Morgan fingerprint density at radius 2 is 1.81 bits per heavy atom. The van der Waals surface area contributed by atoms with Crippen molar-refractivity contribution in [1.29, 1.82) is 0 Å². The number of carboxylic acids is 1. The fourth-order valence-corrected chi connectivity index (χ4v) is 1.68. The Kier molecular flexibility index (Phi) is 4.20. The maximum Gasteiger partial charge on any atom is 0.378 e. The number of carbonyl (C=O) groups excluding carboxylic acids is 1. The normalized spacial score (nSPS) is 18.1. The summed E-state index contributed by atoms with van der Waals surface area (Å²) in [6.07, 6.45) is 4.08. The van der Waals surface area contributed by atoms with Gasteiger partial charge in [0.25, 0.3) is 0 Å². The molecule has 0 spiro atoms. The number of rotatable bonds is 4. The van der Waals surface area contributed by atoms with Crippen molar-refractivity contribution in [2.24, 2.45) is 5.92 Å². The van der Waals surface area contributed by atoms with Crippen molar-refractivity contribution in [2.75, 3.05) is 6.61 Å². The maximum atomic E-state index is 12.6. The highest BCUT2D eigenvalue weighted by molar-refractivity contribution is 5.77. The summed E-state index contributed by atoms with van der Waals surface area (Å²) in [6, 6.07) is 0. The molecule has 1 fully saturated rings. The number of alkyl halides is 2. The highest BCUT2D eigenvalue weighted by Gasteiger charge is 2.41. The Balaban J connectivity index is 2.37. The Morgan fingerprint density at radius 1 is 1.25 bits per heavy atom. The third-order valence-electron chi connectivity index (χ3n) is 2.65. The van der Waals surface area contributed by atoms with Gasteiger partial charge < -0.3 is 9.84 Å². The second-order valence-corrected chi connectivity index (χ2v) is 3.95. The van der Waals surface area contributed by atoms with E-state index in [0.29, 0.717) is 12.8 Å². The van der Waals surface area contributed by atoms with Gasteiger partial charge in [0.2, 0.25) is 0 Å². The molecule has 1 N–H and O–H groups in total. The minimum atomic E-state index is -4.00. The first kappa shape index (κ1) is 12.9. The van der Waals surface area contributed by atoms with E-state index in [1.54, 1.807) is 0 Å². The zero-order valence-corrected chi connectivity index (χ0v) is 8.75. The van der Waals surface area contributed by atoms with Crippen LogP contribution in [0.25, 0.3) is 0 Å². The van der Waals surface area contributed by atoms with E-state index >= 15 is 0 Å². The zero-order chi connectivity index (χ0) is 12.2. The van der Waals surface area contributed by atoms with Crippen molar-refractivity contribution in [2.45, 2.75) is 38.0 Å². The van der Waals surface area contributed by atoms with Crippen LogP contribution in [-0.2, 0) is 14.3 Å². The first-order chi connectivity index (χ1) is 7.43. The lowest BCUT2D eigenvalue weighted by Gasteiger charge is -2.20. The van der Waals surface area contributed by atoms with Crippen molar-refractivity contribution in [1.82, 2.24) is 0 Å². The molecule has 0 unspecified atom stereocenters. The van der Waals surface area contributed by atoms with Crippen molar-refractivity contribution in [3.8, 4) is 0 Å². The van der Waals surface area contributed by atoms with E-state index in [4.69, 9.17) is 5.11 Å². The van der Waals surface area contributed by atoms with Crippen LogP contribution in [0.1, 0.15) is 32.1 Å². The summed E-state index contributed by atoms with van der Waals surface area (Å²) in [4.78, 5) is 21.4. The Hall–Kier alpha value is -1.20. The first-order valence-electron chi connectivity index (χ1n) is 5.21. The van der Waals surface area contributed by atoms with Crippen LogP contribution in [-0.4, -0.2) is 29.6 Å². The fraction of sp³-hybridized carbons (Fsp3) is 0.800. The molecule has 92 valence electrons. The highest BCUT2D eigenvalue weighted by Crippen LogP contribution is 2.25. The maximum absolute atomic E-state index is 12.6. The van der Waals surface area contributed by atoms with Gasteiger partial charge >= 0.3 is 17.9 Å². The van der Waals surface area contributed by atoms with Crippen LogP contribution in [0.5, 0.6) is 0 Å². The standard InChI is InChI=1S/C10H14F2O4/c11-10(12,9(14)15)6-16-8(13)7-4-2-1-3-5-7/h7H,1-6H2,(H,14,15). The molecule has 0 aliphatic heterocycles. The molecule has 1 saturated carbocycles. The molecule has 1 rings (SSSR count). The molecule has 0 amide bonds. The molecule has 1 aliphatic carbocycles. The van der Waals surface area contributed by atoms with Crippen molar-refractivity contribution in [3.05, 3.63) is 0 Å². The smallest absolute Gasteiger partial charge is 0.378 e. The van der Waals surface area contributed by atoms with Gasteiger partial charge in [0.1, 0.15) is 0 Å². The third-order valence-corrected chi connectivity index (χ3v) is 2.65. The monoisotopic (exact) mass is 236 g/mol. The van der Waals surface area contributed by atoms with E-state index in [-0.39, 0.29) is 5.92 Å². The van der Waals surface area contributed by atoms with Crippen LogP contribution >= 0.6 is 0 Å². The van der Waals surface area contributed by atoms with E-state index < -0.39 is 24.5 Å². The number of aliphatic carboxylic acids is 1. The van der Waals surface area contributed by atoms with Gasteiger partial charge in [0, 0.05) is 0 Å². The molecule has 6 heteroatoms. The predicted molar refractivity (Wildman–Crippen MR) is 50.1 cm³/mol.